The van der Waals surface area contributed by atoms with Gasteiger partial charge in [-0.25, -0.2) is 13.6 Å². The van der Waals surface area contributed by atoms with Gasteiger partial charge in [-0.15, -0.1) is 0 Å². The third-order valence-electron chi connectivity index (χ3n) is 3.18. The van der Waals surface area contributed by atoms with Crippen molar-refractivity contribution in [3.8, 4) is 0 Å². The number of halogens is 1. The van der Waals surface area contributed by atoms with Gasteiger partial charge in [0.1, 0.15) is 0 Å². The van der Waals surface area contributed by atoms with Crippen LogP contribution in [0.2, 0.25) is 0 Å². The summed E-state index contributed by atoms with van der Waals surface area (Å²) < 4.78 is 23.2. The molecule has 0 radical (unpaired) electrons. The van der Waals surface area contributed by atoms with Gasteiger partial charge in [0.05, 0.1) is 4.90 Å². The normalized spacial score (nSPS) is 13.3. The first-order chi connectivity index (χ1) is 9.11. The zero-order valence-electron chi connectivity index (χ0n) is 11.7. The number of carbonyl (C=O) groups excluding carboxylic acids is 1. The van der Waals surface area contributed by atoms with Gasteiger partial charge >= 0.3 is 0 Å². The van der Waals surface area contributed by atoms with Crippen LogP contribution in [0.1, 0.15) is 31.1 Å². The van der Waals surface area contributed by atoms with Gasteiger partial charge in [0.25, 0.3) is 5.91 Å². The monoisotopic (exact) mass is 362 g/mol. The summed E-state index contributed by atoms with van der Waals surface area (Å²) in [5, 5.41) is 7.87. The first-order valence-electron chi connectivity index (χ1n) is 6.23. The maximum atomic E-state index is 12.0. The predicted octanol–water partition coefficient (Wildman–Crippen LogP) is 2.12. The minimum atomic E-state index is -3.84. The van der Waals surface area contributed by atoms with E-state index < -0.39 is 10.0 Å². The van der Waals surface area contributed by atoms with E-state index in [0.717, 1.165) is 0 Å². The van der Waals surface area contributed by atoms with E-state index in [-0.39, 0.29) is 16.4 Å². The fourth-order valence-corrected chi connectivity index (χ4v) is 2.68. The third-order valence-corrected chi connectivity index (χ3v) is 4.54. The van der Waals surface area contributed by atoms with Crippen LogP contribution >= 0.6 is 15.9 Å². The molecule has 0 bridgehead atoms. The number of nitrogens with one attached hydrogen (secondary N) is 1. The largest absolute Gasteiger partial charge is 0.352 e. The van der Waals surface area contributed by atoms with Crippen LogP contribution in [-0.4, -0.2) is 20.9 Å². The number of benzene rings is 1. The first-order valence-corrected chi connectivity index (χ1v) is 8.56. The molecule has 1 unspecified atom stereocenters. The standard InChI is InChI=1S/C13H19BrN2O3S/c1-8(2)9(3)7-16-13(17)10-4-11(14)6-12(5-10)20(15,18)19/h4-6,8-9H,7H2,1-3H3,(H,16,17)(H2,15,18,19). The summed E-state index contributed by atoms with van der Waals surface area (Å²) in [6.07, 6.45) is 0. The van der Waals surface area contributed by atoms with Gasteiger partial charge in [0.15, 0.2) is 0 Å². The molecule has 0 aliphatic heterocycles. The summed E-state index contributed by atoms with van der Waals surface area (Å²) in [4.78, 5) is 11.9. The minimum absolute atomic E-state index is 0.0890. The molecule has 0 fully saturated rings. The van der Waals surface area contributed by atoms with Gasteiger partial charge < -0.3 is 5.32 Å². The quantitative estimate of drug-likeness (QED) is 0.840. The Labute approximate surface area is 128 Å². The lowest BCUT2D eigenvalue weighted by Gasteiger charge is -2.16. The molecule has 1 atom stereocenters. The van der Waals surface area contributed by atoms with Crippen molar-refractivity contribution in [2.45, 2.75) is 25.7 Å². The molecular formula is C13H19BrN2O3S. The summed E-state index contributed by atoms with van der Waals surface area (Å²) >= 11 is 3.18. The average Bonchev–Trinajstić information content (AvgIpc) is 2.33. The van der Waals surface area contributed by atoms with Gasteiger partial charge in [-0.2, -0.15) is 0 Å². The molecule has 1 aromatic rings. The second kappa shape index (κ2) is 6.69. The molecule has 0 saturated heterocycles. The van der Waals surface area contributed by atoms with Crippen molar-refractivity contribution in [3.05, 3.63) is 28.2 Å². The van der Waals surface area contributed by atoms with Crippen LogP contribution in [0, 0.1) is 11.8 Å². The highest BCUT2D eigenvalue weighted by Gasteiger charge is 2.15. The molecule has 0 heterocycles. The maximum absolute atomic E-state index is 12.0. The summed E-state index contributed by atoms with van der Waals surface area (Å²) in [6.45, 7) is 6.74. The lowest BCUT2D eigenvalue weighted by atomic mass is 9.98. The Morgan fingerprint density at radius 3 is 2.40 bits per heavy atom. The minimum Gasteiger partial charge on any atom is -0.352 e. The fraction of sp³-hybridized carbons (Fsp3) is 0.462. The van der Waals surface area contributed by atoms with Crippen molar-refractivity contribution in [2.24, 2.45) is 17.0 Å². The van der Waals surface area contributed by atoms with Gasteiger partial charge in [-0.05, 0) is 30.0 Å². The van der Waals surface area contributed by atoms with Crippen LogP contribution < -0.4 is 10.5 Å². The first kappa shape index (κ1) is 17.1. The van der Waals surface area contributed by atoms with Crippen LogP contribution in [0.25, 0.3) is 0 Å². The van der Waals surface area contributed by atoms with Crippen molar-refractivity contribution >= 4 is 31.9 Å². The number of amides is 1. The van der Waals surface area contributed by atoms with Crippen LogP contribution in [0.15, 0.2) is 27.6 Å². The third kappa shape index (κ3) is 4.88. The van der Waals surface area contributed by atoms with Gasteiger partial charge in [0, 0.05) is 16.6 Å². The maximum Gasteiger partial charge on any atom is 0.251 e. The molecule has 0 aliphatic rings. The van der Waals surface area contributed by atoms with Gasteiger partial charge in [-0.3, -0.25) is 4.79 Å². The number of nitrogens with two attached hydrogens (primary N) is 1. The molecule has 0 spiro atoms. The van der Waals surface area contributed by atoms with Gasteiger partial charge in [0.2, 0.25) is 10.0 Å². The lowest BCUT2D eigenvalue weighted by molar-refractivity contribution is 0.0944. The molecule has 1 rings (SSSR count). The average molecular weight is 363 g/mol. The molecule has 3 N–H and O–H groups in total. The summed E-state index contributed by atoms with van der Waals surface area (Å²) in [6, 6.07) is 4.20. The molecular weight excluding hydrogens is 344 g/mol. The van der Waals surface area contributed by atoms with Crippen molar-refractivity contribution < 1.29 is 13.2 Å². The second-order valence-corrected chi connectivity index (χ2v) is 7.63. The Morgan fingerprint density at radius 2 is 1.90 bits per heavy atom. The van der Waals surface area contributed by atoms with Crippen molar-refractivity contribution in [3.63, 3.8) is 0 Å². The highest BCUT2D eigenvalue weighted by Crippen LogP contribution is 2.19. The Kier molecular flexibility index (Phi) is 5.73. The number of rotatable bonds is 5. The molecule has 112 valence electrons. The van der Waals surface area contributed by atoms with Crippen LogP contribution in [0.4, 0.5) is 0 Å². The van der Waals surface area contributed by atoms with Crippen molar-refractivity contribution in [1.82, 2.24) is 5.32 Å². The molecule has 1 aromatic carbocycles. The lowest BCUT2D eigenvalue weighted by Crippen LogP contribution is -2.30. The van der Waals surface area contributed by atoms with Crippen LogP contribution in [0.5, 0.6) is 0 Å². The second-order valence-electron chi connectivity index (χ2n) is 5.15. The smallest absolute Gasteiger partial charge is 0.251 e. The molecule has 1 amide bonds. The summed E-state index contributed by atoms with van der Waals surface area (Å²) in [5.41, 5.74) is 0.263. The molecule has 5 nitrogen and oxygen atoms in total. The van der Waals surface area contributed by atoms with E-state index in [1.54, 1.807) is 6.07 Å². The zero-order valence-corrected chi connectivity index (χ0v) is 14.1. The Hall–Kier alpha value is -0.920. The topological polar surface area (TPSA) is 89.3 Å². The number of carbonyl (C=O) groups is 1. The number of hydrogen-bond donors (Lipinski definition) is 2. The van der Waals surface area contributed by atoms with Crippen molar-refractivity contribution in [1.29, 1.82) is 0 Å². The van der Waals surface area contributed by atoms with Gasteiger partial charge in [-0.1, -0.05) is 36.7 Å². The van der Waals surface area contributed by atoms with E-state index in [4.69, 9.17) is 5.14 Å². The predicted molar refractivity (Wildman–Crippen MR) is 81.9 cm³/mol. The summed E-state index contributed by atoms with van der Waals surface area (Å²) in [5.74, 6) is 0.477. The molecule has 0 aliphatic carbocycles. The molecule has 7 heteroatoms. The Balaban J connectivity index is 2.92. The van der Waals surface area contributed by atoms with E-state index >= 15 is 0 Å². The molecule has 20 heavy (non-hydrogen) atoms. The summed E-state index contributed by atoms with van der Waals surface area (Å²) in [7, 11) is -3.84. The number of sulfonamides is 1. The highest BCUT2D eigenvalue weighted by molar-refractivity contribution is 9.10. The van der Waals surface area contributed by atoms with E-state index in [0.29, 0.717) is 22.9 Å². The SMILES string of the molecule is CC(C)C(C)CNC(=O)c1cc(Br)cc(S(N)(=O)=O)c1. The van der Waals surface area contributed by atoms with Crippen LogP contribution in [0.3, 0.4) is 0 Å². The zero-order chi connectivity index (χ0) is 15.5. The van der Waals surface area contributed by atoms with E-state index in [2.05, 4.69) is 35.1 Å². The Bertz CT molecular complexity index is 600. The number of primary sulfonamides is 1. The fourth-order valence-electron chi connectivity index (χ4n) is 1.45. The Morgan fingerprint density at radius 1 is 1.30 bits per heavy atom. The number of hydrogen-bond acceptors (Lipinski definition) is 3. The van der Waals surface area contributed by atoms with Crippen molar-refractivity contribution in [2.75, 3.05) is 6.54 Å². The molecule has 0 aromatic heterocycles. The highest BCUT2D eigenvalue weighted by atomic mass is 79.9. The van der Waals surface area contributed by atoms with E-state index in [1.807, 2.05) is 6.92 Å². The van der Waals surface area contributed by atoms with E-state index in [1.165, 1.54) is 12.1 Å². The van der Waals surface area contributed by atoms with Crippen LogP contribution in [-0.2, 0) is 10.0 Å². The molecule has 0 saturated carbocycles. The van der Waals surface area contributed by atoms with E-state index in [9.17, 15) is 13.2 Å².